The maximum Gasteiger partial charge on any atom is 0.257 e. The average Bonchev–Trinajstić information content (AvgIpc) is 3.03. The topological polar surface area (TPSA) is 51.9 Å². The first-order valence-electron chi connectivity index (χ1n) is 6.75. The number of hydrogen-bond acceptors (Lipinski definition) is 4. The standard InChI is InChI=1S/C16H17NO4/c1-10-6-13(11(2)21-10)16(18)17(3)8-12-4-5-14-15(7-12)20-9-19-14/h4-7H,8-9H2,1-3H3. The summed E-state index contributed by atoms with van der Waals surface area (Å²) >= 11 is 0. The third-order valence-corrected chi connectivity index (χ3v) is 3.47. The molecule has 1 aliphatic heterocycles. The lowest BCUT2D eigenvalue weighted by molar-refractivity contribution is 0.0783. The zero-order chi connectivity index (χ0) is 15.0. The van der Waals surface area contributed by atoms with Gasteiger partial charge in [-0.3, -0.25) is 4.79 Å². The summed E-state index contributed by atoms with van der Waals surface area (Å²) < 4.78 is 16.0. The van der Waals surface area contributed by atoms with Gasteiger partial charge in [0.1, 0.15) is 11.5 Å². The third kappa shape index (κ3) is 2.59. The number of aryl methyl sites for hydroxylation is 2. The van der Waals surface area contributed by atoms with Gasteiger partial charge in [-0.2, -0.15) is 0 Å². The van der Waals surface area contributed by atoms with Crippen molar-refractivity contribution in [2.75, 3.05) is 13.8 Å². The molecule has 0 saturated carbocycles. The molecule has 1 amide bonds. The smallest absolute Gasteiger partial charge is 0.257 e. The summed E-state index contributed by atoms with van der Waals surface area (Å²) in [6, 6.07) is 7.47. The van der Waals surface area contributed by atoms with Crippen molar-refractivity contribution >= 4 is 5.91 Å². The van der Waals surface area contributed by atoms with Gasteiger partial charge in [0.25, 0.3) is 5.91 Å². The fraction of sp³-hybridized carbons (Fsp3) is 0.312. The lowest BCUT2D eigenvalue weighted by Crippen LogP contribution is -2.26. The number of benzene rings is 1. The summed E-state index contributed by atoms with van der Waals surface area (Å²) in [6.45, 7) is 4.39. The van der Waals surface area contributed by atoms with Gasteiger partial charge in [0.05, 0.1) is 5.56 Å². The molecule has 0 N–H and O–H groups in total. The summed E-state index contributed by atoms with van der Waals surface area (Å²) in [5.74, 6) is 2.81. The highest BCUT2D eigenvalue weighted by molar-refractivity contribution is 5.95. The second-order valence-corrected chi connectivity index (χ2v) is 5.18. The Labute approximate surface area is 123 Å². The van der Waals surface area contributed by atoms with Crippen LogP contribution in [0.1, 0.15) is 27.4 Å². The summed E-state index contributed by atoms with van der Waals surface area (Å²) in [7, 11) is 1.77. The van der Waals surface area contributed by atoms with E-state index in [0.29, 0.717) is 17.9 Å². The lowest BCUT2D eigenvalue weighted by Gasteiger charge is -2.17. The van der Waals surface area contributed by atoms with Crippen molar-refractivity contribution in [1.29, 1.82) is 0 Å². The maximum absolute atomic E-state index is 12.4. The largest absolute Gasteiger partial charge is 0.466 e. The molecule has 0 radical (unpaired) electrons. The van der Waals surface area contributed by atoms with Gasteiger partial charge in [-0.15, -0.1) is 0 Å². The molecule has 110 valence electrons. The number of carbonyl (C=O) groups excluding carboxylic acids is 1. The van der Waals surface area contributed by atoms with Gasteiger partial charge in [0.2, 0.25) is 6.79 Å². The Kier molecular flexibility index (Phi) is 3.33. The van der Waals surface area contributed by atoms with E-state index in [-0.39, 0.29) is 12.7 Å². The quantitative estimate of drug-likeness (QED) is 0.871. The number of furan rings is 1. The zero-order valence-electron chi connectivity index (χ0n) is 12.3. The number of ether oxygens (including phenoxy) is 2. The van der Waals surface area contributed by atoms with Crippen LogP contribution in [0.2, 0.25) is 0 Å². The minimum atomic E-state index is -0.0537. The van der Waals surface area contributed by atoms with E-state index < -0.39 is 0 Å². The number of hydrogen-bond donors (Lipinski definition) is 0. The molecule has 0 atom stereocenters. The predicted octanol–water partition coefficient (Wildman–Crippen LogP) is 2.90. The number of rotatable bonds is 3. The molecule has 2 heterocycles. The molecule has 0 spiro atoms. The molecule has 21 heavy (non-hydrogen) atoms. The number of fused-ring (bicyclic) bond motifs is 1. The van der Waals surface area contributed by atoms with E-state index in [1.165, 1.54) is 0 Å². The molecule has 0 saturated heterocycles. The Hall–Kier alpha value is -2.43. The lowest BCUT2D eigenvalue weighted by atomic mass is 10.1. The molecule has 0 bridgehead atoms. The van der Waals surface area contributed by atoms with E-state index in [9.17, 15) is 4.79 Å². The molecule has 3 rings (SSSR count). The first-order valence-corrected chi connectivity index (χ1v) is 6.75. The van der Waals surface area contributed by atoms with Crippen LogP contribution in [-0.4, -0.2) is 24.6 Å². The van der Waals surface area contributed by atoms with Crippen molar-refractivity contribution < 1.29 is 18.7 Å². The van der Waals surface area contributed by atoms with Crippen molar-refractivity contribution in [3.05, 3.63) is 46.9 Å². The van der Waals surface area contributed by atoms with E-state index in [1.54, 1.807) is 24.9 Å². The summed E-state index contributed by atoms with van der Waals surface area (Å²) in [5.41, 5.74) is 1.60. The number of amides is 1. The van der Waals surface area contributed by atoms with Crippen LogP contribution >= 0.6 is 0 Å². The summed E-state index contributed by atoms with van der Waals surface area (Å²) in [6.07, 6.45) is 0. The molecule has 5 heteroatoms. The average molecular weight is 287 g/mol. The molecular weight excluding hydrogens is 270 g/mol. The van der Waals surface area contributed by atoms with Crippen LogP contribution in [0, 0.1) is 13.8 Å². The Balaban J connectivity index is 1.75. The van der Waals surface area contributed by atoms with Gasteiger partial charge in [0, 0.05) is 13.6 Å². The van der Waals surface area contributed by atoms with Crippen LogP contribution in [0.15, 0.2) is 28.7 Å². The molecule has 0 fully saturated rings. The fourth-order valence-electron chi connectivity index (χ4n) is 2.43. The van der Waals surface area contributed by atoms with E-state index in [0.717, 1.165) is 22.8 Å². The van der Waals surface area contributed by atoms with Crippen molar-refractivity contribution in [3.8, 4) is 11.5 Å². The molecule has 0 aliphatic carbocycles. The Morgan fingerprint density at radius 3 is 2.67 bits per heavy atom. The second kappa shape index (κ2) is 5.16. The molecule has 0 unspecified atom stereocenters. The zero-order valence-corrected chi connectivity index (χ0v) is 12.3. The highest BCUT2D eigenvalue weighted by atomic mass is 16.7. The molecule has 2 aromatic rings. The third-order valence-electron chi connectivity index (χ3n) is 3.47. The van der Waals surface area contributed by atoms with Crippen LogP contribution < -0.4 is 9.47 Å². The number of nitrogens with zero attached hydrogens (tertiary/aromatic N) is 1. The van der Waals surface area contributed by atoms with Gasteiger partial charge in [-0.25, -0.2) is 0 Å². The molecule has 5 nitrogen and oxygen atoms in total. The second-order valence-electron chi connectivity index (χ2n) is 5.18. The summed E-state index contributed by atoms with van der Waals surface area (Å²) in [5, 5.41) is 0. The van der Waals surface area contributed by atoms with Crippen molar-refractivity contribution in [3.63, 3.8) is 0 Å². The molecule has 1 aromatic carbocycles. The van der Waals surface area contributed by atoms with Gasteiger partial charge < -0.3 is 18.8 Å². The first kappa shape index (κ1) is 13.5. The first-order chi connectivity index (χ1) is 10.0. The molecular formula is C16H17NO4. The predicted molar refractivity (Wildman–Crippen MR) is 76.5 cm³/mol. The highest BCUT2D eigenvalue weighted by Crippen LogP contribution is 2.32. The highest BCUT2D eigenvalue weighted by Gasteiger charge is 2.19. The normalized spacial score (nSPS) is 12.5. The van der Waals surface area contributed by atoms with Crippen LogP contribution in [0.25, 0.3) is 0 Å². The van der Waals surface area contributed by atoms with E-state index in [2.05, 4.69) is 0 Å². The number of carbonyl (C=O) groups is 1. The van der Waals surface area contributed by atoms with Gasteiger partial charge in [0.15, 0.2) is 11.5 Å². The Morgan fingerprint density at radius 1 is 1.19 bits per heavy atom. The van der Waals surface area contributed by atoms with Crippen LogP contribution in [0.5, 0.6) is 11.5 Å². The SMILES string of the molecule is Cc1cc(C(=O)N(C)Cc2ccc3c(c2)OCO3)c(C)o1. The molecule has 1 aromatic heterocycles. The maximum atomic E-state index is 12.4. The van der Waals surface area contributed by atoms with Crippen LogP contribution in [0.3, 0.4) is 0 Å². The summed E-state index contributed by atoms with van der Waals surface area (Å²) in [4.78, 5) is 14.1. The van der Waals surface area contributed by atoms with Gasteiger partial charge in [-0.1, -0.05) is 6.07 Å². The van der Waals surface area contributed by atoms with Crippen LogP contribution in [0.4, 0.5) is 0 Å². The van der Waals surface area contributed by atoms with Crippen LogP contribution in [-0.2, 0) is 6.54 Å². The van der Waals surface area contributed by atoms with Crippen molar-refractivity contribution in [2.45, 2.75) is 20.4 Å². The Bertz CT molecular complexity index is 690. The molecule has 1 aliphatic rings. The van der Waals surface area contributed by atoms with Crippen molar-refractivity contribution in [2.24, 2.45) is 0 Å². The Morgan fingerprint density at radius 2 is 1.95 bits per heavy atom. The van der Waals surface area contributed by atoms with Gasteiger partial charge in [-0.05, 0) is 37.6 Å². The fourth-order valence-corrected chi connectivity index (χ4v) is 2.43. The minimum Gasteiger partial charge on any atom is -0.466 e. The monoisotopic (exact) mass is 287 g/mol. The van der Waals surface area contributed by atoms with Crippen molar-refractivity contribution in [1.82, 2.24) is 4.90 Å². The van der Waals surface area contributed by atoms with E-state index in [1.807, 2.05) is 25.1 Å². The minimum absolute atomic E-state index is 0.0537. The van der Waals surface area contributed by atoms with E-state index in [4.69, 9.17) is 13.9 Å². The van der Waals surface area contributed by atoms with E-state index >= 15 is 0 Å². The van der Waals surface area contributed by atoms with Gasteiger partial charge >= 0.3 is 0 Å².